The highest BCUT2D eigenvalue weighted by molar-refractivity contribution is 5.97. The first-order valence-corrected chi connectivity index (χ1v) is 9.91. The van der Waals surface area contributed by atoms with Crippen molar-refractivity contribution in [1.29, 1.82) is 5.41 Å². The summed E-state index contributed by atoms with van der Waals surface area (Å²) in [6.45, 7) is -0.277. The second kappa shape index (κ2) is 8.94. The number of nitrogens with one attached hydrogen (secondary N) is 2. The van der Waals surface area contributed by atoms with Gasteiger partial charge in [0.1, 0.15) is 11.6 Å². The summed E-state index contributed by atoms with van der Waals surface area (Å²) in [7, 11) is 3.27. The van der Waals surface area contributed by atoms with Crippen LogP contribution < -0.4 is 25.3 Å². The van der Waals surface area contributed by atoms with Crippen molar-refractivity contribution in [1.82, 2.24) is 14.9 Å². The van der Waals surface area contributed by atoms with E-state index in [0.717, 1.165) is 0 Å². The van der Waals surface area contributed by atoms with Gasteiger partial charge in [-0.05, 0) is 36.4 Å². The Labute approximate surface area is 193 Å². The van der Waals surface area contributed by atoms with Crippen LogP contribution in [0.2, 0.25) is 0 Å². The first-order chi connectivity index (χ1) is 16.2. The molecule has 0 bridgehead atoms. The Kier molecular flexibility index (Phi) is 5.87. The number of carbonyl (C=O) groups is 2. The second-order valence-electron chi connectivity index (χ2n) is 7.36. The molecule has 2 aromatic carbocycles. The van der Waals surface area contributed by atoms with Crippen molar-refractivity contribution < 1.29 is 28.9 Å². The quantitative estimate of drug-likeness (QED) is 0.315. The summed E-state index contributed by atoms with van der Waals surface area (Å²) in [5, 5.41) is 20.3. The number of benzene rings is 2. The first kappa shape index (κ1) is 22.3. The van der Waals surface area contributed by atoms with Crippen molar-refractivity contribution in [2.24, 2.45) is 5.73 Å². The van der Waals surface area contributed by atoms with E-state index in [1.165, 1.54) is 29.2 Å². The van der Waals surface area contributed by atoms with E-state index in [1.807, 2.05) is 0 Å². The molecule has 0 radical (unpaired) electrons. The number of rotatable bonds is 6. The molecule has 3 aromatic rings. The zero-order valence-corrected chi connectivity index (χ0v) is 18.2. The Bertz CT molecular complexity index is 1310. The molecule has 0 fully saturated rings. The third-order valence-corrected chi connectivity index (χ3v) is 4.60. The Morgan fingerprint density at radius 1 is 1.18 bits per heavy atom. The monoisotopic (exact) mass is 464 g/mol. The maximum Gasteiger partial charge on any atom is 0.328 e. The van der Waals surface area contributed by atoms with Gasteiger partial charge in [0.15, 0.2) is 23.8 Å². The number of ether oxygens (including phenoxy) is 3. The van der Waals surface area contributed by atoms with Gasteiger partial charge < -0.3 is 35.3 Å². The van der Waals surface area contributed by atoms with Gasteiger partial charge in [-0.25, -0.2) is 0 Å². The number of nitrogens with zero attached hydrogens (tertiary/aromatic N) is 3. The third kappa shape index (κ3) is 4.65. The average Bonchev–Trinajstić information content (AvgIpc) is 2.80. The van der Waals surface area contributed by atoms with E-state index in [4.69, 9.17) is 25.4 Å². The van der Waals surface area contributed by atoms with Gasteiger partial charge in [0.2, 0.25) is 5.88 Å². The standard InChI is InChI=1S/C22H20N6O6/c1-28(2)21(31)12-4-3-5-13(8-12)33-22-26-19-17(25-16(30)10-32-19)20(27-22)34-15-9-11(18(23)24)6-7-14(15)29/h3-9,29H,10H2,1-2H3,(H3,23,24)(H,25,30). The number of amides is 2. The predicted molar refractivity (Wildman–Crippen MR) is 120 cm³/mol. The molecule has 0 saturated heterocycles. The van der Waals surface area contributed by atoms with Crippen molar-refractivity contribution in [3.63, 3.8) is 0 Å². The lowest BCUT2D eigenvalue weighted by atomic mass is 10.2. The summed E-state index contributed by atoms with van der Waals surface area (Å²) in [4.78, 5) is 33.9. The predicted octanol–water partition coefficient (Wildman–Crippen LogP) is 2.08. The van der Waals surface area contributed by atoms with Gasteiger partial charge in [-0.1, -0.05) is 6.07 Å². The lowest BCUT2D eigenvalue weighted by molar-refractivity contribution is -0.118. The number of aromatic nitrogens is 2. The zero-order chi connectivity index (χ0) is 24.4. The highest BCUT2D eigenvalue weighted by Gasteiger charge is 2.26. The Balaban J connectivity index is 1.72. The summed E-state index contributed by atoms with van der Waals surface area (Å²) in [5.41, 5.74) is 6.24. The van der Waals surface area contributed by atoms with Gasteiger partial charge >= 0.3 is 6.01 Å². The van der Waals surface area contributed by atoms with Crippen LogP contribution in [0.4, 0.5) is 5.69 Å². The SMILES string of the molecule is CN(C)C(=O)c1cccc(Oc2nc3c(c(Oc4cc(C(=N)N)ccc4O)n2)NC(=O)CO3)c1. The fraction of sp³-hybridized carbons (Fsp3) is 0.136. The van der Waals surface area contributed by atoms with E-state index in [0.29, 0.717) is 11.1 Å². The molecule has 1 aromatic heterocycles. The normalized spacial score (nSPS) is 12.1. The zero-order valence-electron chi connectivity index (χ0n) is 18.2. The van der Waals surface area contributed by atoms with E-state index >= 15 is 0 Å². The Morgan fingerprint density at radius 2 is 1.97 bits per heavy atom. The van der Waals surface area contributed by atoms with Gasteiger partial charge in [-0.2, -0.15) is 9.97 Å². The van der Waals surface area contributed by atoms with Crippen LogP contribution in [-0.2, 0) is 4.79 Å². The second-order valence-corrected chi connectivity index (χ2v) is 7.36. The van der Waals surface area contributed by atoms with Gasteiger partial charge in [-0.3, -0.25) is 15.0 Å². The number of anilines is 1. The maximum atomic E-state index is 12.2. The van der Waals surface area contributed by atoms with Crippen molar-refractivity contribution in [2.45, 2.75) is 0 Å². The largest absolute Gasteiger partial charge is 0.504 e. The minimum Gasteiger partial charge on any atom is -0.504 e. The number of fused-ring (bicyclic) bond motifs is 1. The van der Waals surface area contributed by atoms with E-state index < -0.39 is 5.91 Å². The third-order valence-electron chi connectivity index (χ3n) is 4.60. The van der Waals surface area contributed by atoms with E-state index in [1.54, 1.807) is 32.3 Å². The van der Waals surface area contributed by atoms with Gasteiger partial charge in [-0.15, -0.1) is 0 Å². The fourth-order valence-electron chi connectivity index (χ4n) is 2.97. The van der Waals surface area contributed by atoms with Crippen molar-refractivity contribution >= 4 is 23.3 Å². The van der Waals surface area contributed by atoms with Crippen LogP contribution in [0.15, 0.2) is 42.5 Å². The van der Waals surface area contributed by atoms with Crippen LogP contribution in [0.1, 0.15) is 15.9 Å². The molecule has 12 heteroatoms. The minimum atomic E-state index is -0.453. The van der Waals surface area contributed by atoms with Crippen LogP contribution in [0.5, 0.6) is 35.0 Å². The lowest BCUT2D eigenvalue weighted by Crippen LogP contribution is -2.26. The van der Waals surface area contributed by atoms with Gasteiger partial charge in [0, 0.05) is 25.2 Å². The summed E-state index contributed by atoms with van der Waals surface area (Å²) in [6.07, 6.45) is 0. The van der Waals surface area contributed by atoms with Crippen LogP contribution in [0.25, 0.3) is 0 Å². The number of hydrogen-bond acceptors (Lipinski definition) is 9. The molecule has 1 aliphatic heterocycles. The van der Waals surface area contributed by atoms with Crippen molar-refractivity contribution in [3.8, 4) is 35.0 Å². The molecule has 0 aliphatic carbocycles. The van der Waals surface area contributed by atoms with Crippen LogP contribution in [0.3, 0.4) is 0 Å². The molecule has 0 spiro atoms. The summed E-state index contributed by atoms with van der Waals surface area (Å²) in [5.74, 6) is -1.14. The highest BCUT2D eigenvalue weighted by atomic mass is 16.5. The van der Waals surface area contributed by atoms with E-state index in [2.05, 4.69) is 15.3 Å². The minimum absolute atomic E-state index is 0.0117. The first-order valence-electron chi connectivity index (χ1n) is 9.91. The number of phenols is 1. The van der Waals surface area contributed by atoms with Crippen LogP contribution in [-0.4, -0.2) is 58.3 Å². The number of nitrogen functional groups attached to an aromatic ring is 1. The topological polar surface area (TPSA) is 173 Å². The Morgan fingerprint density at radius 3 is 2.71 bits per heavy atom. The number of hydrogen-bond donors (Lipinski definition) is 4. The average molecular weight is 464 g/mol. The molecular formula is C22H20N6O6. The molecular weight excluding hydrogens is 444 g/mol. The number of nitrogens with two attached hydrogens (primary N) is 1. The molecule has 2 amide bonds. The number of amidine groups is 1. The molecule has 0 saturated carbocycles. The maximum absolute atomic E-state index is 12.2. The smallest absolute Gasteiger partial charge is 0.328 e. The van der Waals surface area contributed by atoms with E-state index in [9.17, 15) is 14.7 Å². The van der Waals surface area contributed by atoms with E-state index in [-0.39, 0.29) is 59.1 Å². The Hall–Kier alpha value is -4.87. The fourth-order valence-corrected chi connectivity index (χ4v) is 2.97. The van der Waals surface area contributed by atoms with Gasteiger partial charge in [0.05, 0.1) is 0 Å². The summed E-state index contributed by atoms with van der Waals surface area (Å²) in [6, 6.07) is 10.3. The molecule has 2 heterocycles. The number of phenolic OH excluding ortho intramolecular Hbond substituents is 1. The highest BCUT2D eigenvalue weighted by Crippen LogP contribution is 2.40. The number of carbonyl (C=O) groups excluding carboxylic acids is 2. The molecule has 0 unspecified atom stereocenters. The van der Waals surface area contributed by atoms with Crippen molar-refractivity contribution in [2.75, 3.05) is 26.0 Å². The number of aromatic hydroxyl groups is 1. The molecule has 4 rings (SSSR count). The molecule has 0 atom stereocenters. The summed E-state index contributed by atoms with van der Waals surface area (Å²) < 4.78 is 16.8. The molecule has 1 aliphatic rings. The lowest BCUT2D eigenvalue weighted by Gasteiger charge is -2.20. The van der Waals surface area contributed by atoms with Crippen molar-refractivity contribution in [3.05, 3.63) is 53.6 Å². The van der Waals surface area contributed by atoms with Crippen LogP contribution >= 0.6 is 0 Å². The molecule has 34 heavy (non-hydrogen) atoms. The molecule has 5 N–H and O–H groups in total. The summed E-state index contributed by atoms with van der Waals surface area (Å²) >= 11 is 0. The van der Waals surface area contributed by atoms with Crippen LogP contribution in [0, 0.1) is 5.41 Å². The molecule has 12 nitrogen and oxygen atoms in total. The molecule has 174 valence electrons. The van der Waals surface area contributed by atoms with Gasteiger partial charge in [0.25, 0.3) is 17.7 Å².